The molecular weight excluding hydrogens is 462 g/mol. The first-order valence-electron chi connectivity index (χ1n) is 12.6. The lowest BCUT2D eigenvalue weighted by Gasteiger charge is -2.32. The number of piperidine rings is 1. The van der Waals surface area contributed by atoms with Crippen LogP contribution in [0, 0.1) is 17.8 Å². The first-order valence-corrected chi connectivity index (χ1v) is 14.1. The molecule has 0 amide bonds. The quantitative estimate of drug-likeness (QED) is 0.604. The highest BCUT2D eigenvalue weighted by Gasteiger charge is 2.29. The van der Waals surface area contributed by atoms with Crippen molar-refractivity contribution in [2.75, 3.05) is 52.7 Å². The molecule has 0 aromatic heterocycles. The van der Waals surface area contributed by atoms with Crippen molar-refractivity contribution in [2.45, 2.75) is 32.3 Å². The van der Waals surface area contributed by atoms with Gasteiger partial charge in [0.15, 0.2) is 5.90 Å². The zero-order chi connectivity index (χ0) is 24.8. The molecule has 0 bridgehead atoms. The topological polar surface area (TPSA) is 92.7 Å². The lowest BCUT2D eigenvalue weighted by molar-refractivity contribution is -0.0269. The third-order valence-electron chi connectivity index (χ3n) is 7.24. The van der Waals surface area contributed by atoms with E-state index in [0.29, 0.717) is 38.1 Å². The largest absolute Gasteiger partial charge is 0.477 e. The van der Waals surface area contributed by atoms with Crippen molar-refractivity contribution in [3.05, 3.63) is 48.0 Å². The summed E-state index contributed by atoms with van der Waals surface area (Å²) < 4.78 is 25.8. The predicted octanol–water partition coefficient (Wildman–Crippen LogP) is 2.64. The van der Waals surface area contributed by atoms with Gasteiger partial charge in [-0.25, -0.2) is 13.5 Å². The number of hydrogen-bond donors (Lipinski definition) is 1. The van der Waals surface area contributed by atoms with Crippen LogP contribution in [0.2, 0.25) is 0 Å². The van der Waals surface area contributed by atoms with Gasteiger partial charge in [0.1, 0.15) is 12.7 Å². The van der Waals surface area contributed by atoms with Gasteiger partial charge in [0, 0.05) is 37.7 Å². The summed E-state index contributed by atoms with van der Waals surface area (Å²) in [5.41, 5.74) is 8.86. The number of nitrogens with zero attached hydrogens (tertiary/aromatic N) is 4. The van der Waals surface area contributed by atoms with Gasteiger partial charge in [-0.3, -0.25) is 4.99 Å². The van der Waals surface area contributed by atoms with Gasteiger partial charge >= 0.3 is 0 Å². The van der Waals surface area contributed by atoms with E-state index in [1.54, 1.807) is 12.5 Å². The number of morpholine rings is 1. The van der Waals surface area contributed by atoms with Crippen molar-refractivity contribution in [3.63, 3.8) is 0 Å². The number of nitrogens with two attached hydrogens (primary N) is 1. The Bertz CT molecular complexity index is 962. The van der Waals surface area contributed by atoms with Crippen molar-refractivity contribution in [3.8, 4) is 0 Å². The molecule has 4 aliphatic rings. The SMILES string of the molecule is CC1C(=N/C=C\N)C=C(C2C=CC(C3CCN(C)CC3)=CC2)N=C1OC[C@@H]1CN(S(C)=O)CCO1. The molecule has 3 unspecified atom stereocenters. The third-order valence-corrected chi connectivity index (χ3v) is 8.30. The molecule has 3 heterocycles. The molecule has 2 N–H and O–H groups in total. The lowest BCUT2D eigenvalue weighted by Crippen LogP contribution is -2.45. The number of rotatable bonds is 6. The maximum atomic E-state index is 11.9. The van der Waals surface area contributed by atoms with Gasteiger partial charge in [0.2, 0.25) is 0 Å². The molecule has 4 rings (SSSR count). The Morgan fingerprint density at radius 2 is 2.14 bits per heavy atom. The predicted molar refractivity (Wildman–Crippen MR) is 142 cm³/mol. The van der Waals surface area contributed by atoms with E-state index in [1.807, 2.05) is 11.2 Å². The molecule has 4 atom stereocenters. The highest BCUT2D eigenvalue weighted by atomic mass is 32.2. The van der Waals surface area contributed by atoms with E-state index in [2.05, 4.69) is 41.2 Å². The number of aliphatic imine (C=N–C) groups is 2. The summed E-state index contributed by atoms with van der Waals surface area (Å²) in [5, 5.41) is 0. The molecule has 0 spiro atoms. The average molecular weight is 502 g/mol. The van der Waals surface area contributed by atoms with Crippen LogP contribution in [0.1, 0.15) is 26.2 Å². The van der Waals surface area contributed by atoms with E-state index in [1.165, 1.54) is 37.7 Å². The van der Waals surface area contributed by atoms with Gasteiger partial charge < -0.3 is 20.1 Å². The molecule has 0 aromatic carbocycles. The molecule has 192 valence electrons. The van der Waals surface area contributed by atoms with Crippen molar-refractivity contribution in [1.29, 1.82) is 0 Å². The standard InChI is InChI=1S/C26H39N5O3S/c1-19-24(28-11-10-27)16-25(22-6-4-20(5-7-22)21-8-12-30(2)13-9-21)29-26(19)34-18-23-17-31(35(3)32)14-15-33-23/h4-6,10-11,16,19,21-23H,7-9,12-15,17-18,27H2,1-3H3/b11-10-,28-24?/t19?,22?,23-,35?/m0/s1. The molecule has 0 radical (unpaired) electrons. The molecule has 0 aromatic rings. The second-order valence-electron chi connectivity index (χ2n) is 9.73. The Labute approximate surface area is 211 Å². The van der Waals surface area contributed by atoms with E-state index < -0.39 is 11.0 Å². The average Bonchev–Trinajstić information content (AvgIpc) is 2.88. The van der Waals surface area contributed by atoms with Crippen molar-refractivity contribution >= 4 is 22.6 Å². The summed E-state index contributed by atoms with van der Waals surface area (Å²) in [6, 6.07) is 0. The minimum Gasteiger partial charge on any atom is -0.477 e. The molecule has 2 fully saturated rings. The van der Waals surface area contributed by atoms with E-state index in [4.69, 9.17) is 20.2 Å². The zero-order valence-corrected chi connectivity index (χ0v) is 22.0. The van der Waals surface area contributed by atoms with Crippen LogP contribution >= 0.6 is 0 Å². The van der Waals surface area contributed by atoms with Crippen molar-refractivity contribution < 1.29 is 13.7 Å². The second kappa shape index (κ2) is 12.3. The minimum atomic E-state index is -1.01. The minimum absolute atomic E-state index is 0.0900. The Kier molecular flexibility index (Phi) is 9.10. The molecular formula is C26H39N5O3S. The van der Waals surface area contributed by atoms with Crippen LogP contribution in [0.3, 0.4) is 0 Å². The highest BCUT2D eigenvalue weighted by Crippen LogP contribution is 2.33. The number of likely N-dealkylation sites (tertiary alicyclic amines) is 1. The van der Waals surface area contributed by atoms with Crippen LogP contribution < -0.4 is 5.73 Å². The zero-order valence-electron chi connectivity index (χ0n) is 21.1. The van der Waals surface area contributed by atoms with Crippen LogP contribution in [-0.4, -0.2) is 83.8 Å². The summed E-state index contributed by atoms with van der Waals surface area (Å²) in [6.45, 7) is 6.54. The van der Waals surface area contributed by atoms with Gasteiger partial charge in [-0.1, -0.05) is 18.2 Å². The van der Waals surface area contributed by atoms with Gasteiger partial charge in [-0.05, 0) is 63.9 Å². The number of ether oxygens (including phenoxy) is 2. The number of allylic oxidation sites excluding steroid dienone is 5. The molecule has 2 saturated heterocycles. The van der Waals surface area contributed by atoms with Crippen molar-refractivity contribution in [1.82, 2.24) is 9.21 Å². The van der Waals surface area contributed by atoms with Crippen LogP contribution in [0.15, 0.2) is 58.0 Å². The van der Waals surface area contributed by atoms with E-state index in [-0.39, 0.29) is 17.9 Å². The van der Waals surface area contributed by atoms with Gasteiger partial charge in [-0.2, -0.15) is 0 Å². The number of hydrogen-bond acceptors (Lipinski definition) is 7. The molecule has 0 saturated carbocycles. The highest BCUT2D eigenvalue weighted by molar-refractivity contribution is 7.81. The van der Waals surface area contributed by atoms with Gasteiger partial charge in [0.05, 0.1) is 34.9 Å². The van der Waals surface area contributed by atoms with Crippen LogP contribution in [0.5, 0.6) is 0 Å². The second-order valence-corrected chi connectivity index (χ2v) is 11.1. The summed E-state index contributed by atoms with van der Waals surface area (Å²) >= 11 is 0. The fourth-order valence-electron chi connectivity index (χ4n) is 4.99. The van der Waals surface area contributed by atoms with E-state index >= 15 is 0 Å². The third kappa shape index (κ3) is 6.78. The Morgan fingerprint density at radius 3 is 2.83 bits per heavy atom. The molecule has 1 aliphatic carbocycles. The summed E-state index contributed by atoms with van der Waals surface area (Å²) in [5.74, 6) is 1.40. The van der Waals surface area contributed by atoms with E-state index in [0.717, 1.165) is 17.8 Å². The monoisotopic (exact) mass is 501 g/mol. The molecule has 8 nitrogen and oxygen atoms in total. The first-order chi connectivity index (χ1) is 16.9. The smallest absolute Gasteiger partial charge is 0.197 e. The summed E-state index contributed by atoms with van der Waals surface area (Å²) in [4.78, 5) is 11.9. The fourth-order valence-corrected chi connectivity index (χ4v) is 5.70. The Balaban J connectivity index is 1.44. The first kappa shape index (κ1) is 26.0. The van der Waals surface area contributed by atoms with Crippen molar-refractivity contribution in [2.24, 2.45) is 33.5 Å². The lowest BCUT2D eigenvalue weighted by atomic mass is 9.83. The van der Waals surface area contributed by atoms with Gasteiger partial charge in [-0.15, -0.1) is 0 Å². The Hall–Kier alpha value is -2.07. The maximum Gasteiger partial charge on any atom is 0.197 e. The molecule has 35 heavy (non-hydrogen) atoms. The van der Waals surface area contributed by atoms with Crippen LogP contribution in [-0.2, 0) is 20.5 Å². The van der Waals surface area contributed by atoms with Gasteiger partial charge in [0.25, 0.3) is 0 Å². The summed E-state index contributed by atoms with van der Waals surface area (Å²) in [7, 11) is 1.19. The van der Waals surface area contributed by atoms with E-state index in [9.17, 15) is 4.21 Å². The molecule has 9 heteroatoms. The normalized spacial score (nSPS) is 31.3. The van der Waals surface area contributed by atoms with Crippen LogP contribution in [0.25, 0.3) is 0 Å². The molecule has 3 aliphatic heterocycles. The summed E-state index contributed by atoms with van der Waals surface area (Å²) in [6.07, 6.45) is 17.0. The Morgan fingerprint density at radius 1 is 1.34 bits per heavy atom. The van der Waals surface area contributed by atoms with Crippen LogP contribution in [0.4, 0.5) is 0 Å². The maximum absolute atomic E-state index is 11.9. The fraction of sp³-hybridized carbons (Fsp3) is 0.615.